The summed E-state index contributed by atoms with van der Waals surface area (Å²) in [6.45, 7) is 7.14. The van der Waals surface area contributed by atoms with Crippen LogP contribution < -0.4 is 23.8 Å². The van der Waals surface area contributed by atoms with Gasteiger partial charge in [-0.05, 0) is 181 Å². The molecule has 12 rings (SSSR count). The first kappa shape index (κ1) is 59.7. The molecule has 3 fully saturated rings. The fourth-order valence-corrected chi connectivity index (χ4v) is 14.7. The molecule has 7 aromatic rings. The number of unbranched alkanes of at least 4 members (excludes halogenated alkanes) is 2. The summed E-state index contributed by atoms with van der Waals surface area (Å²) in [5.41, 5.74) is -0.277. The van der Waals surface area contributed by atoms with Crippen LogP contribution in [0.3, 0.4) is 0 Å². The number of anilines is 1. The molecule has 0 amide bonds. The molecule has 2 heterocycles. The third-order valence-electron chi connectivity index (χ3n) is 19.3. The number of carbonyl (C=O) groups excluding carboxylic acids is 2. The maximum Gasteiger partial charge on any atom is 0.416 e. The number of alkyl halides is 6. The van der Waals surface area contributed by atoms with Crippen molar-refractivity contribution in [2.45, 2.75) is 146 Å². The Hall–Kier alpha value is -7.61. The molecule has 2 aliphatic heterocycles. The molecule has 14 heteroatoms. The first-order valence-corrected chi connectivity index (χ1v) is 30.9. The highest BCUT2D eigenvalue weighted by Gasteiger charge is 2.51. The predicted molar refractivity (Wildman–Crippen MR) is 325 cm³/mol. The molecule has 2 saturated carbocycles. The minimum atomic E-state index is -5.20. The minimum Gasteiger partial charge on any atom is -0.493 e. The molecule has 454 valence electrons. The Morgan fingerprint density at radius 1 is 0.655 bits per heavy atom. The molecular formula is C73H72F7NO6. The van der Waals surface area contributed by atoms with Crippen molar-refractivity contribution in [1.29, 1.82) is 0 Å². The number of fused-ring (bicyclic) bond motifs is 8. The van der Waals surface area contributed by atoms with Crippen molar-refractivity contribution in [3.05, 3.63) is 178 Å². The van der Waals surface area contributed by atoms with Gasteiger partial charge in [-0.15, -0.1) is 0 Å². The Morgan fingerprint density at radius 3 is 1.90 bits per heavy atom. The zero-order chi connectivity index (χ0) is 61.0. The van der Waals surface area contributed by atoms with Crippen LogP contribution >= 0.6 is 0 Å². The van der Waals surface area contributed by atoms with E-state index in [1.54, 1.807) is 50.3 Å². The number of benzene rings is 7. The summed E-state index contributed by atoms with van der Waals surface area (Å²) in [7, 11) is 1.36. The molecule has 0 bridgehead atoms. The summed E-state index contributed by atoms with van der Waals surface area (Å²) < 4.78 is 131. The standard InChI is InChI=1S/C73H72F7NO6/c1-5-6-8-12-44-13-11-14-50(39-44)47-17-15-45(16-18-47)46-23-33-56(34-24-46)85-68(82)48-19-21-49(22-20-48)69(83)86-63-42-58-59(43-62(63)84-4)67-57(66-64(58)60-40-53(72(75,76)77)41-61(73(78,79)80)65(60)70(66,2)3)35-36-71(87-67,51-25-29-54(74)30-26-51)52-27-31-55(32-28-52)81-37-9-7-10-38-81/h15-18,23-36,40-44,48-50H,5-14,19-22,37-39H2,1-4H3. The molecule has 7 aromatic carbocycles. The number of ether oxygens (including phenoxy) is 4. The number of hydrogen-bond donors (Lipinski definition) is 0. The van der Waals surface area contributed by atoms with E-state index in [0.29, 0.717) is 41.2 Å². The van der Waals surface area contributed by atoms with Gasteiger partial charge in [0.1, 0.15) is 17.3 Å². The fourth-order valence-electron chi connectivity index (χ4n) is 14.7. The quantitative estimate of drug-likeness (QED) is 0.0465. The third-order valence-corrected chi connectivity index (χ3v) is 19.3. The number of carbonyl (C=O) groups is 2. The number of hydrogen-bond acceptors (Lipinski definition) is 7. The van der Waals surface area contributed by atoms with Gasteiger partial charge in [-0.1, -0.05) is 126 Å². The predicted octanol–water partition coefficient (Wildman–Crippen LogP) is 19.5. The Bertz CT molecular complexity index is 3730. The smallest absolute Gasteiger partial charge is 0.416 e. The highest BCUT2D eigenvalue weighted by Crippen LogP contribution is 2.62. The summed E-state index contributed by atoms with van der Waals surface area (Å²) in [4.78, 5) is 30.3. The zero-order valence-corrected chi connectivity index (χ0v) is 49.6. The lowest BCUT2D eigenvalue weighted by molar-refractivity contribution is -0.145. The van der Waals surface area contributed by atoms with Crippen molar-refractivity contribution >= 4 is 34.5 Å². The normalized spacial score (nSPS) is 21.6. The third kappa shape index (κ3) is 11.6. The molecular weight excluding hydrogens is 1120 g/mol. The van der Waals surface area contributed by atoms with Crippen LogP contribution in [0.2, 0.25) is 0 Å². The average Bonchev–Trinajstić information content (AvgIpc) is 1.59. The molecule has 5 aliphatic rings. The Kier molecular flexibility index (Phi) is 16.3. The van der Waals surface area contributed by atoms with Gasteiger partial charge in [0.15, 0.2) is 17.1 Å². The maximum absolute atomic E-state index is 15.4. The van der Waals surface area contributed by atoms with Gasteiger partial charge >= 0.3 is 24.3 Å². The van der Waals surface area contributed by atoms with Crippen molar-refractivity contribution in [2.24, 2.45) is 17.8 Å². The van der Waals surface area contributed by atoms with E-state index in [9.17, 15) is 27.2 Å². The van der Waals surface area contributed by atoms with Crippen LogP contribution in [0.25, 0.3) is 39.1 Å². The molecule has 0 N–H and O–H groups in total. The van der Waals surface area contributed by atoms with Gasteiger partial charge in [-0.2, -0.15) is 26.3 Å². The van der Waals surface area contributed by atoms with Gasteiger partial charge in [0.2, 0.25) is 0 Å². The van der Waals surface area contributed by atoms with Gasteiger partial charge in [-0.3, -0.25) is 9.59 Å². The lowest BCUT2D eigenvalue weighted by Crippen LogP contribution is -2.35. The van der Waals surface area contributed by atoms with Crippen LogP contribution in [0.15, 0.2) is 127 Å². The molecule has 3 atom stereocenters. The molecule has 87 heavy (non-hydrogen) atoms. The van der Waals surface area contributed by atoms with Gasteiger partial charge < -0.3 is 23.8 Å². The Balaban J connectivity index is 0.828. The highest BCUT2D eigenvalue weighted by atomic mass is 19.4. The minimum absolute atomic E-state index is 0.0397. The Labute approximate surface area is 503 Å². The number of rotatable bonds is 14. The van der Waals surface area contributed by atoms with Crippen molar-refractivity contribution < 1.29 is 59.3 Å². The zero-order valence-electron chi connectivity index (χ0n) is 49.6. The lowest BCUT2D eigenvalue weighted by Gasteiger charge is -2.39. The van der Waals surface area contributed by atoms with Crippen molar-refractivity contribution in [1.82, 2.24) is 0 Å². The van der Waals surface area contributed by atoms with Crippen LogP contribution in [0, 0.1) is 23.6 Å². The van der Waals surface area contributed by atoms with E-state index < -0.39 is 64.1 Å². The van der Waals surface area contributed by atoms with E-state index in [0.717, 1.165) is 61.2 Å². The molecule has 1 saturated heterocycles. The summed E-state index contributed by atoms with van der Waals surface area (Å²) in [6.07, 6.45) is 7.88. The number of esters is 2. The van der Waals surface area contributed by atoms with Gasteiger partial charge in [0.25, 0.3) is 0 Å². The Morgan fingerprint density at radius 2 is 1.28 bits per heavy atom. The summed E-state index contributed by atoms with van der Waals surface area (Å²) in [5, 5.41) is 0.396. The van der Waals surface area contributed by atoms with Gasteiger partial charge in [0, 0.05) is 46.3 Å². The molecule has 0 radical (unpaired) electrons. The summed E-state index contributed by atoms with van der Waals surface area (Å²) in [6, 6.07) is 33.9. The monoisotopic (exact) mass is 1190 g/mol. The van der Waals surface area contributed by atoms with Crippen LogP contribution in [0.4, 0.5) is 36.4 Å². The molecule has 3 unspecified atom stereocenters. The second kappa shape index (κ2) is 23.8. The summed E-state index contributed by atoms with van der Waals surface area (Å²) in [5.74, 6) is -0.816. The second-order valence-electron chi connectivity index (χ2n) is 25.1. The van der Waals surface area contributed by atoms with E-state index in [1.807, 2.05) is 36.4 Å². The van der Waals surface area contributed by atoms with E-state index >= 15 is 13.2 Å². The van der Waals surface area contributed by atoms with E-state index in [1.165, 1.54) is 88.3 Å². The maximum atomic E-state index is 15.4. The van der Waals surface area contributed by atoms with E-state index in [-0.39, 0.29) is 69.2 Å². The first-order valence-electron chi connectivity index (χ1n) is 30.9. The lowest BCUT2D eigenvalue weighted by atomic mass is 9.75. The fraction of sp³-hybridized carbons (Fsp3) is 0.397. The second-order valence-corrected chi connectivity index (χ2v) is 25.1. The van der Waals surface area contributed by atoms with E-state index in [4.69, 9.17) is 18.9 Å². The molecule has 0 aromatic heterocycles. The van der Waals surface area contributed by atoms with E-state index in [2.05, 4.69) is 36.1 Å². The van der Waals surface area contributed by atoms with Crippen molar-refractivity contribution in [3.63, 3.8) is 0 Å². The van der Waals surface area contributed by atoms with Crippen LogP contribution in [-0.2, 0) is 33.0 Å². The first-order chi connectivity index (χ1) is 41.7. The number of halogens is 7. The van der Waals surface area contributed by atoms with Crippen molar-refractivity contribution in [2.75, 3.05) is 25.1 Å². The van der Waals surface area contributed by atoms with Crippen LogP contribution in [-0.4, -0.2) is 32.1 Å². The molecule has 3 aliphatic carbocycles. The SMILES string of the molecule is CCCCCC1CCCC(c2ccc(-c3ccc(OC(=O)C4CCC(C(=O)Oc5cc6c7c(c8c(c6cc5OC)OC(c5ccc(F)cc5)(c5ccc(N6CCCCC6)cc5)C=C8)C(C)(C)c5c-7cc(C(F)(F)F)cc5C(F)(F)F)CC4)cc3)cc2)C1. The van der Waals surface area contributed by atoms with Gasteiger partial charge in [0.05, 0.1) is 30.1 Å². The molecule has 7 nitrogen and oxygen atoms in total. The van der Waals surface area contributed by atoms with Crippen molar-refractivity contribution in [3.8, 4) is 45.3 Å². The van der Waals surface area contributed by atoms with Gasteiger partial charge in [-0.25, -0.2) is 4.39 Å². The average molecular weight is 1190 g/mol. The largest absolute Gasteiger partial charge is 0.493 e. The van der Waals surface area contributed by atoms with Crippen LogP contribution in [0.1, 0.15) is 168 Å². The number of nitrogens with zero attached hydrogens (tertiary/aromatic N) is 1. The molecule has 0 spiro atoms. The highest BCUT2D eigenvalue weighted by molar-refractivity contribution is 6.10. The number of piperidine rings is 1. The topological polar surface area (TPSA) is 74.3 Å². The summed E-state index contributed by atoms with van der Waals surface area (Å²) >= 11 is 0. The van der Waals surface area contributed by atoms with Crippen LogP contribution in [0.5, 0.6) is 23.0 Å². The number of methoxy groups -OCH3 is 1.